The van der Waals surface area contributed by atoms with Crippen LogP contribution in [0.4, 0.5) is 5.69 Å². The molecule has 0 saturated carbocycles. The van der Waals surface area contributed by atoms with Crippen LogP contribution in [-0.2, 0) is 6.54 Å². The van der Waals surface area contributed by atoms with E-state index in [2.05, 4.69) is 5.48 Å². The largest absolute Gasteiger partial charge is 0.377 e. The van der Waals surface area contributed by atoms with Crippen LogP contribution in [0.2, 0.25) is 0 Å². The number of aryl methyl sites for hydroxylation is 1. The molecule has 3 nitrogen and oxygen atoms in total. The van der Waals surface area contributed by atoms with Crippen molar-refractivity contribution in [2.24, 2.45) is 0 Å². The summed E-state index contributed by atoms with van der Waals surface area (Å²) in [5, 5.41) is 8.68. The number of anilines is 1. The number of benzene rings is 1. The van der Waals surface area contributed by atoms with Crippen LogP contribution >= 0.6 is 0 Å². The van der Waals surface area contributed by atoms with Gasteiger partial charge in [-0.05, 0) is 24.1 Å². The Balaban J connectivity index is 3.09. The lowest BCUT2D eigenvalue weighted by molar-refractivity contribution is 0.161. The number of rotatable bonds is 3. The molecule has 0 unspecified atom stereocenters. The van der Waals surface area contributed by atoms with Crippen molar-refractivity contribution >= 4 is 5.69 Å². The molecule has 2 N–H and O–H groups in total. The molecule has 0 fully saturated rings. The van der Waals surface area contributed by atoms with Crippen LogP contribution in [0.3, 0.4) is 0 Å². The van der Waals surface area contributed by atoms with Crippen LogP contribution < -0.4 is 10.4 Å². The van der Waals surface area contributed by atoms with E-state index in [0.29, 0.717) is 6.54 Å². The van der Waals surface area contributed by atoms with Gasteiger partial charge in [0, 0.05) is 26.3 Å². The van der Waals surface area contributed by atoms with Crippen LogP contribution in [0.25, 0.3) is 0 Å². The van der Waals surface area contributed by atoms with Crippen molar-refractivity contribution in [3.8, 4) is 0 Å². The summed E-state index contributed by atoms with van der Waals surface area (Å²) in [6, 6.07) is 6.10. The van der Waals surface area contributed by atoms with Gasteiger partial charge < -0.3 is 10.1 Å². The quantitative estimate of drug-likeness (QED) is 0.693. The topological polar surface area (TPSA) is 35.5 Å². The van der Waals surface area contributed by atoms with Crippen molar-refractivity contribution in [1.82, 2.24) is 5.48 Å². The highest BCUT2D eigenvalue weighted by Gasteiger charge is 2.05. The molecule has 0 amide bonds. The molecular weight excluding hydrogens is 164 g/mol. The summed E-state index contributed by atoms with van der Waals surface area (Å²) >= 11 is 0. The normalized spacial score (nSPS) is 10.2. The van der Waals surface area contributed by atoms with Gasteiger partial charge in [0.05, 0.1) is 0 Å². The second-order valence-corrected chi connectivity index (χ2v) is 3.30. The maximum absolute atomic E-state index is 8.68. The zero-order valence-electron chi connectivity index (χ0n) is 8.33. The van der Waals surface area contributed by atoms with Crippen LogP contribution in [0.5, 0.6) is 0 Å². The SMILES string of the molecule is Cc1cccc(N(C)C)c1CNO. The standard InChI is InChI=1S/C10H16N2O/c1-8-5-4-6-10(12(2)3)9(8)7-11-13/h4-6,11,13H,7H2,1-3H3. The van der Waals surface area contributed by atoms with Gasteiger partial charge in [0.1, 0.15) is 0 Å². The zero-order chi connectivity index (χ0) is 9.84. The van der Waals surface area contributed by atoms with Crippen LogP contribution in [-0.4, -0.2) is 19.3 Å². The molecule has 0 radical (unpaired) electrons. The Bertz CT molecular complexity index is 284. The van der Waals surface area contributed by atoms with E-state index < -0.39 is 0 Å². The monoisotopic (exact) mass is 180 g/mol. The summed E-state index contributed by atoms with van der Waals surface area (Å²) in [5.74, 6) is 0. The first-order valence-corrected chi connectivity index (χ1v) is 4.29. The fraction of sp³-hybridized carbons (Fsp3) is 0.400. The summed E-state index contributed by atoms with van der Waals surface area (Å²) in [5.41, 5.74) is 5.66. The van der Waals surface area contributed by atoms with Crippen molar-refractivity contribution in [3.05, 3.63) is 29.3 Å². The molecule has 1 aromatic rings. The zero-order valence-corrected chi connectivity index (χ0v) is 8.33. The Morgan fingerprint density at radius 1 is 1.38 bits per heavy atom. The van der Waals surface area contributed by atoms with Crippen molar-refractivity contribution in [2.75, 3.05) is 19.0 Å². The summed E-state index contributed by atoms with van der Waals surface area (Å²) in [4.78, 5) is 2.04. The third-order valence-electron chi connectivity index (χ3n) is 2.12. The van der Waals surface area contributed by atoms with Crippen LogP contribution in [0.1, 0.15) is 11.1 Å². The molecule has 0 heterocycles. The van der Waals surface area contributed by atoms with E-state index in [0.717, 1.165) is 11.3 Å². The fourth-order valence-electron chi connectivity index (χ4n) is 1.41. The van der Waals surface area contributed by atoms with Gasteiger partial charge in [-0.2, -0.15) is 0 Å². The highest BCUT2D eigenvalue weighted by Crippen LogP contribution is 2.21. The minimum absolute atomic E-state index is 0.486. The summed E-state index contributed by atoms with van der Waals surface area (Å²) in [7, 11) is 3.99. The van der Waals surface area contributed by atoms with Crippen molar-refractivity contribution < 1.29 is 5.21 Å². The van der Waals surface area contributed by atoms with Gasteiger partial charge in [0.2, 0.25) is 0 Å². The lowest BCUT2D eigenvalue weighted by atomic mass is 10.1. The Kier molecular flexibility index (Phi) is 3.28. The molecule has 1 rings (SSSR count). The third kappa shape index (κ3) is 2.20. The first kappa shape index (κ1) is 10.0. The molecule has 0 aliphatic heterocycles. The van der Waals surface area contributed by atoms with Gasteiger partial charge >= 0.3 is 0 Å². The fourth-order valence-corrected chi connectivity index (χ4v) is 1.41. The predicted octanol–water partition coefficient (Wildman–Crippen LogP) is 1.54. The minimum atomic E-state index is 0.486. The number of hydrogen-bond acceptors (Lipinski definition) is 3. The Labute approximate surface area is 78.9 Å². The molecule has 72 valence electrons. The number of hydrogen-bond donors (Lipinski definition) is 2. The van der Waals surface area contributed by atoms with E-state index in [4.69, 9.17) is 5.21 Å². The Hall–Kier alpha value is -1.06. The van der Waals surface area contributed by atoms with Crippen LogP contribution in [0.15, 0.2) is 18.2 Å². The first-order valence-electron chi connectivity index (χ1n) is 4.29. The van der Waals surface area contributed by atoms with E-state index in [1.165, 1.54) is 5.56 Å². The maximum atomic E-state index is 8.68. The molecule has 0 saturated heterocycles. The second-order valence-electron chi connectivity index (χ2n) is 3.30. The van der Waals surface area contributed by atoms with E-state index in [1.54, 1.807) is 0 Å². The Morgan fingerprint density at radius 3 is 2.62 bits per heavy atom. The summed E-state index contributed by atoms with van der Waals surface area (Å²) in [6.07, 6.45) is 0. The first-order chi connectivity index (χ1) is 6.16. The lowest BCUT2D eigenvalue weighted by Crippen LogP contribution is -2.16. The van der Waals surface area contributed by atoms with Crippen LogP contribution in [0, 0.1) is 6.92 Å². The molecule has 3 heteroatoms. The molecule has 0 aliphatic rings. The highest BCUT2D eigenvalue weighted by molar-refractivity contribution is 5.55. The number of nitrogens with zero attached hydrogens (tertiary/aromatic N) is 1. The summed E-state index contributed by atoms with van der Waals surface area (Å²) < 4.78 is 0. The van der Waals surface area contributed by atoms with E-state index in [1.807, 2.05) is 44.1 Å². The van der Waals surface area contributed by atoms with E-state index in [-0.39, 0.29) is 0 Å². The van der Waals surface area contributed by atoms with Gasteiger partial charge in [0.15, 0.2) is 0 Å². The summed E-state index contributed by atoms with van der Waals surface area (Å²) in [6.45, 7) is 2.53. The van der Waals surface area contributed by atoms with Crippen molar-refractivity contribution in [1.29, 1.82) is 0 Å². The minimum Gasteiger partial charge on any atom is -0.377 e. The third-order valence-corrected chi connectivity index (χ3v) is 2.12. The molecular formula is C10H16N2O. The van der Waals surface area contributed by atoms with Gasteiger partial charge in [-0.3, -0.25) is 0 Å². The van der Waals surface area contributed by atoms with Gasteiger partial charge in [0.25, 0.3) is 0 Å². The molecule has 1 aromatic carbocycles. The lowest BCUT2D eigenvalue weighted by Gasteiger charge is -2.18. The van der Waals surface area contributed by atoms with Crippen molar-refractivity contribution in [3.63, 3.8) is 0 Å². The number of nitrogens with one attached hydrogen (secondary N) is 1. The van der Waals surface area contributed by atoms with E-state index >= 15 is 0 Å². The van der Waals surface area contributed by atoms with Gasteiger partial charge in [-0.25, -0.2) is 5.48 Å². The average molecular weight is 180 g/mol. The van der Waals surface area contributed by atoms with Crippen molar-refractivity contribution in [2.45, 2.75) is 13.5 Å². The maximum Gasteiger partial charge on any atom is 0.0481 e. The Morgan fingerprint density at radius 2 is 2.08 bits per heavy atom. The van der Waals surface area contributed by atoms with Gasteiger partial charge in [-0.1, -0.05) is 12.1 Å². The van der Waals surface area contributed by atoms with Gasteiger partial charge in [-0.15, -0.1) is 0 Å². The molecule has 0 atom stereocenters. The molecule has 0 aromatic heterocycles. The van der Waals surface area contributed by atoms with E-state index in [9.17, 15) is 0 Å². The average Bonchev–Trinajstić information content (AvgIpc) is 2.08. The molecule has 0 bridgehead atoms. The molecule has 0 spiro atoms. The second kappa shape index (κ2) is 4.25. The molecule has 0 aliphatic carbocycles. The smallest absolute Gasteiger partial charge is 0.0481 e. The molecule has 13 heavy (non-hydrogen) atoms. The number of hydroxylamine groups is 1. The highest BCUT2D eigenvalue weighted by atomic mass is 16.5. The predicted molar refractivity (Wildman–Crippen MR) is 54.1 cm³/mol.